The number of anilines is 1. The molecule has 23 heavy (non-hydrogen) atoms. The summed E-state index contributed by atoms with van der Waals surface area (Å²) in [7, 11) is 0. The molecule has 7 heteroatoms. The molecule has 4 rings (SSSR count). The van der Waals surface area contributed by atoms with E-state index in [0.29, 0.717) is 38.0 Å². The molecule has 2 aliphatic rings. The molecule has 1 saturated heterocycles. The standard InChI is InChI=1S/C16H20N4O3/c21-20(22)16-9-12-11-19(13-3-1-2-4-13)17-14(12)10-15(16)18-5-7-23-8-6-18/h9-11,13H,1-8H2. The fourth-order valence-electron chi connectivity index (χ4n) is 3.63. The SMILES string of the molecule is O=[N+]([O-])c1cc2cn(C3CCCC3)nc2cc1N1CCOCC1. The Hall–Kier alpha value is -2.15. The summed E-state index contributed by atoms with van der Waals surface area (Å²) < 4.78 is 7.35. The molecule has 1 aliphatic carbocycles. The van der Waals surface area contributed by atoms with Gasteiger partial charge in [-0.3, -0.25) is 14.8 Å². The Morgan fingerprint density at radius 2 is 1.96 bits per heavy atom. The van der Waals surface area contributed by atoms with Crippen LogP contribution in [0.4, 0.5) is 11.4 Å². The van der Waals surface area contributed by atoms with Crippen molar-refractivity contribution in [3.63, 3.8) is 0 Å². The van der Waals surface area contributed by atoms with Gasteiger partial charge in [0.05, 0.1) is 29.7 Å². The van der Waals surface area contributed by atoms with Crippen molar-refractivity contribution in [3.05, 3.63) is 28.4 Å². The molecule has 1 aromatic heterocycles. The fraction of sp³-hybridized carbons (Fsp3) is 0.562. The van der Waals surface area contributed by atoms with Gasteiger partial charge in [-0.25, -0.2) is 0 Å². The summed E-state index contributed by atoms with van der Waals surface area (Å²) in [5, 5.41) is 17.0. The molecule has 0 atom stereocenters. The van der Waals surface area contributed by atoms with Gasteiger partial charge in [-0.05, 0) is 18.9 Å². The van der Waals surface area contributed by atoms with E-state index < -0.39 is 0 Å². The van der Waals surface area contributed by atoms with Crippen molar-refractivity contribution in [2.75, 3.05) is 31.2 Å². The second kappa shape index (κ2) is 5.81. The van der Waals surface area contributed by atoms with E-state index >= 15 is 0 Å². The summed E-state index contributed by atoms with van der Waals surface area (Å²) in [6.07, 6.45) is 6.72. The maximum atomic E-state index is 11.5. The van der Waals surface area contributed by atoms with Crippen LogP contribution in [-0.4, -0.2) is 41.0 Å². The zero-order valence-electron chi connectivity index (χ0n) is 13.0. The molecule has 0 N–H and O–H groups in total. The third kappa shape index (κ3) is 2.65. The quantitative estimate of drug-likeness (QED) is 0.643. The van der Waals surface area contributed by atoms with Crippen molar-refractivity contribution in [1.82, 2.24) is 9.78 Å². The summed E-state index contributed by atoms with van der Waals surface area (Å²) in [5.41, 5.74) is 1.65. The second-order valence-corrected chi connectivity index (χ2v) is 6.30. The highest BCUT2D eigenvalue weighted by Gasteiger charge is 2.24. The normalized spacial score (nSPS) is 19.6. The predicted octanol–water partition coefficient (Wildman–Crippen LogP) is 2.90. The van der Waals surface area contributed by atoms with Crippen LogP contribution in [-0.2, 0) is 4.74 Å². The monoisotopic (exact) mass is 316 g/mol. The number of nitro groups is 1. The van der Waals surface area contributed by atoms with Crippen LogP contribution in [0.5, 0.6) is 0 Å². The molecular formula is C16H20N4O3. The third-order valence-electron chi connectivity index (χ3n) is 4.87. The Kier molecular flexibility index (Phi) is 3.65. The molecule has 7 nitrogen and oxygen atoms in total. The smallest absolute Gasteiger partial charge is 0.293 e. The van der Waals surface area contributed by atoms with Gasteiger partial charge in [0.2, 0.25) is 0 Å². The van der Waals surface area contributed by atoms with E-state index in [0.717, 1.165) is 23.7 Å². The first-order valence-electron chi connectivity index (χ1n) is 8.22. The summed E-state index contributed by atoms with van der Waals surface area (Å²) >= 11 is 0. The Morgan fingerprint density at radius 3 is 2.65 bits per heavy atom. The van der Waals surface area contributed by atoms with E-state index in [1.165, 1.54) is 12.8 Å². The van der Waals surface area contributed by atoms with Gasteiger partial charge in [0.1, 0.15) is 5.69 Å². The number of rotatable bonds is 3. The number of benzene rings is 1. The van der Waals surface area contributed by atoms with Crippen LogP contribution in [0.15, 0.2) is 18.3 Å². The van der Waals surface area contributed by atoms with E-state index in [1.807, 2.05) is 21.8 Å². The molecule has 1 aliphatic heterocycles. The molecule has 1 aromatic carbocycles. The average molecular weight is 316 g/mol. The van der Waals surface area contributed by atoms with Gasteiger partial charge < -0.3 is 9.64 Å². The molecule has 2 heterocycles. The topological polar surface area (TPSA) is 73.4 Å². The minimum Gasteiger partial charge on any atom is -0.378 e. The lowest BCUT2D eigenvalue weighted by molar-refractivity contribution is -0.384. The molecule has 0 spiro atoms. The number of aromatic nitrogens is 2. The lowest BCUT2D eigenvalue weighted by Crippen LogP contribution is -2.36. The molecule has 0 radical (unpaired) electrons. The van der Waals surface area contributed by atoms with Crippen LogP contribution >= 0.6 is 0 Å². The van der Waals surface area contributed by atoms with Crippen LogP contribution in [0.25, 0.3) is 10.9 Å². The van der Waals surface area contributed by atoms with Gasteiger partial charge in [0.15, 0.2) is 0 Å². The first-order valence-corrected chi connectivity index (χ1v) is 8.22. The van der Waals surface area contributed by atoms with Gasteiger partial charge in [0.25, 0.3) is 5.69 Å². The van der Waals surface area contributed by atoms with E-state index in [1.54, 1.807) is 6.07 Å². The number of nitrogens with zero attached hydrogens (tertiary/aromatic N) is 4. The maximum Gasteiger partial charge on any atom is 0.293 e. The van der Waals surface area contributed by atoms with E-state index in [2.05, 4.69) is 5.10 Å². The van der Waals surface area contributed by atoms with Gasteiger partial charge in [-0.2, -0.15) is 5.10 Å². The number of hydrogen-bond acceptors (Lipinski definition) is 5. The van der Waals surface area contributed by atoms with Crippen LogP contribution in [0.2, 0.25) is 0 Å². The largest absolute Gasteiger partial charge is 0.378 e. The molecule has 2 aromatic rings. The number of fused-ring (bicyclic) bond motifs is 1. The zero-order chi connectivity index (χ0) is 15.8. The summed E-state index contributed by atoms with van der Waals surface area (Å²) in [5.74, 6) is 0. The van der Waals surface area contributed by atoms with Crippen LogP contribution in [0.3, 0.4) is 0 Å². The van der Waals surface area contributed by atoms with Crippen molar-refractivity contribution in [3.8, 4) is 0 Å². The lowest BCUT2D eigenvalue weighted by Gasteiger charge is -2.28. The van der Waals surface area contributed by atoms with Crippen molar-refractivity contribution < 1.29 is 9.66 Å². The van der Waals surface area contributed by atoms with E-state index in [9.17, 15) is 10.1 Å². The van der Waals surface area contributed by atoms with Crippen molar-refractivity contribution >= 4 is 22.3 Å². The fourth-order valence-corrected chi connectivity index (χ4v) is 3.63. The molecule has 2 fully saturated rings. The van der Waals surface area contributed by atoms with Crippen molar-refractivity contribution in [2.45, 2.75) is 31.7 Å². The van der Waals surface area contributed by atoms with Crippen LogP contribution < -0.4 is 4.90 Å². The Morgan fingerprint density at radius 1 is 1.22 bits per heavy atom. The minimum absolute atomic E-state index is 0.158. The summed E-state index contributed by atoms with van der Waals surface area (Å²) in [6.45, 7) is 2.56. The third-order valence-corrected chi connectivity index (χ3v) is 4.87. The lowest BCUT2D eigenvalue weighted by atomic mass is 10.2. The molecular weight excluding hydrogens is 296 g/mol. The first kappa shape index (κ1) is 14.4. The predicted molar refractivity (Wildman–Crippen MR) is 86.9 cm³/mol. The Balaban J connectivity index is 1.77. The highest BCUT2D eigenvalue weighted by Crippen LogP contribution is 2.35. The van der Waals surface area contributed by atoms with E-state index in [-0.39, 0.29) is 10.6 Å². The summed E-state index contributed by atoms with van der Waals surface area (Å²) in [4.78, 5) is 13.2. The second-order valence-electron chi connectivity index (χ2n) is 6.30. The molecule has 1 saturated carbocycles. The molecule has 0 bridgehead atoms. The Labute approximate surface area is 134 Å². The van der Waals surface area contributed by atoms with Crippen LogP contribution in [0, 0.1) is 10.1 Å². The number of nitro benzene ring substituents is 1. The van der Waals surface area contributed by atoms with Gasteiger partial charge >= 0.3 is 0 Å². The number of hydrogen-bond donors (Lipinski definition) is 0. The zero-order valence-corrected chi connectivity index (χ0v) is 13.0. The number of ether oxygens (including phenoxy) is 1. The highest BCUT2D eigenvalue weighted by atomic mass is 16.6. The maximum absolute atomic E-state index is 11.5. The molecule has 0 unspecified atom stereocenters. The van der Waals surface area contributed by atoms with Gasteiger partial charge in [-0.1, -0.05) is 12.8 Å². The Bertz CT molecular complexity index is 730. The van der Waals surface area contributed by atoms with E-state index in [4.69, 9.17) is 4.74 Å². The molecule has 0 amide bonds. The minimum atomic E-state index is -0.294. The molecule has 122 valence electrons. The van der Waals surface area contributed by atoms with Crippen molar-refractivity contribution in [2.24, 2.45) is 0 Å². The van der Waals surface area contributed by atoms with Gasteiger partial charge in [-0.15, -0.1) is 0 Å². The van der Waals surface area contributed by atoms with Gasteiger partial charge in [0, 0.05) is 30.7 Å². The average Bonchev–Trinajstić information content (AvgIpc) is 3.23. The van der Waals surface area contributed by atoms with Crippen LogP contribution in [0.1, 0.15) is 31.7 Å². The van der Waals surface area contributed by atoms with Crippen molar-refractivity contribution in [1.29, 1.82) is 0 Å². The highest BCUT2D eigenvalue weighted by molar-refractivity contribution is 5.87. The number of morpholine rings is 1. The summed E-state index contributed by atoms with van der Waals surface area (Å²) in [6, 6.07) is 3.97. The first-order chi connectivity index (χ1) is 11.2.